The number of likely N-dealkylation sites (tertiary alicyclic amines) is 2. The molecular formula is C21H31N3O4S. The summed E-state index contributed by atoms with van der Waals surface area (Å²) in [4.78, 5) is 31.3. The number of nitrogens with zero attached hydrogens (tertiary/aromatic N) is 3. The van der Waals surface area contributed by atoms with Crippen LogP contribution in [0.2, 0.25) is 0 Å². The average Bonchev–Trinajstić information content (AvgIpc) is 3.33. The summed E-state index contributed by atoms with van der Waals surface area (Å²) in [7, 11) is 2.12. The maximum Gasteiger partial charge on any atom is 0.353 e. The number of thioether (sulfide) groups is 1. The first-order valence-corrected chi connectivity index (χ1v) is 11.5. The Kier molecular flexibility index (Phi) is 5.70. The van der Waals surface area contributed by atoms with Crippen LogP contribution < -0.4 is 0 Å². The number of fused-ring (bicyclic) bond motifs is 1. The first kappa shape index (κ1) is 20.8. The number of β-lactam (4-membered cyclic amide) rings is 1. The lowest BCUT2D eigenvalue weighted by molar-refractivity contribution is -0.163. The lowest BCUT2D eigenvalue weighted by Crippen LogP contribution is -2.63. The van der Waals surface area contributed by atoms with Gasteiger partial charge in [0, 0.05) is 41.7 Å². The number of likely N-dealkylation sites (N-methyl/N-ethyl adjacent to an activating group) is 1. The Morgan fingerprint density at radius 2 is 2.00 bits per heavy atom. The topological polar surface area (TPSA) is 84.3 Å². The average molecular weight is 422 g/mol. The third kappa shape index (κ3) is 3.59. The van der Waals surface area contributed by atoms with Crippen LogP contribution in [0.1, 0.15) is 33.1 Å². The van der Waals surface area contributed by atoms with Crippen LogP contribution in [0.15, 0.2) is 22.9 Å². The molecule has 2 unspecified atom stereocenters. The van der Waals surface area contributed by atoms with Crippen LogP contribution >= 0.6 is 11.8 Å². The molecule has 29 heavy (non-hydrogen) atoms. The van der Waals surface area contributed by atoms with E-state index < -0.39 is 18.0 Å². The molecule has 0 aliphatic carbocycles. The number of aliphatic hydroxyl groups is 1. The normalized spacial score (nSPS) is 36.3. The number of hydrogen-bond donors (Lipinski definition) is 2. The zero-order chi connectivity index (χ0) is 20.9. The monoisotopic (exact) mass is 421 g/mol. The van der Waals surface area contributed by atoms with Gasteiger partial charge in [-0.25, -0.2) is 4.79 Å². The van der Waals surface area contributed by atoms with Gasteiger partial charge < -0.3 is 20.0 Å². The Labute approximate surface area is 176 Å². The van der Waals surface area contributed by atoms with Crippen LogP contribution in [-0.4, -0.2) is 86.9 Å². The van der Waals surface area contributed by atoms with Gasteiger partial charge in [0.15, 0.2) is 0 Å². The highest BCUT2D eigenvalue weighted by molar-refractivity contribution is 8.03. The Morgan fingerprint density at radius 1 is 1.31 bits per heavy atom. The number of carbonyl (C=O) groups is 2. The summed E-state index contributed by atoms with van der Waals surface area (Å²) in [6.07, 6.45) is 7.22. The molecule has 0 aromatic rings. The van der Waals surface area contributed by atoms with Gasteiger partial charge in [0.05, 0.1) is 18.1 Å². The van der Waals surface area contributed by atoms with Crippen molar-refractivity contribution < 1.29 is 19.8 Å². The van der Waals surface area contributed by atoms with Crippen LogP contribution in [0, 0.1) is 11.8 Å². The van der Waals surface area contributed by atoms with Gasteiger partial charge in [-0.1, -0.05) is 13.0 Å². The molecule has 6 atom stereocenters. The standard InChI is InChI=1S/C21H31N3O4S/c1-12-17-16(13(2)25)20(26)24(17)18(21(27)28)19(12)29-15-10-14(22(3)11-15)6-9-23-7-4-5-8-23/h6,9,12-17,25H,4-5,7-8,10-11H2,1-3H3,(H,27,28)/b9-6+/t12?,13-,14-,15+,16-,17?/m1/s1. The summed E-state index contributed by atoms with van der Waals surface area (Å²) < 4.78 is 0. The number of amides is 1. The molecule has 4 aliphatic rings. The molecule has 0 aromatic carbocycles. The van der Waals surface area contributed by atoms with E-state index in [1.54, 1.807) is 18.7 Å². The Balaban J connectivity index is 1.47. The Hall–Kier alpha value is -1.51. The minimum atomic E-state index is -1.05. The molecule has 160 valence electrons. The van der Waals surface area contributed by atoms with Gasteiger partial charge in [-0.05, 0) is 39.4 Å². The number of hydrogen-bond acceptors (Lipinski definition) is 6. The summed E-state index contributed by atoms with van der Waals surface area (Å²) in [5.74, 6) is -1.87. The summed E-state index contributed by atoms with van der Waals surface area (Å²) in [5, 5.41) is 20.1. The first-order valence-electron chi connectivity index (χ1n) is 10.6. The van der Waals surface area contributed by atoms with Crippen molar-refractivity contribution in [2.24, 2.45) is 11.8 Å². The third-order valence-corrected chi connectivity index (χ3v) is 8.32. The molecule has 2 N–H and O–H groups in total. The fourth-order valence-electron chi connectivity index (χ4n) is 5.26. The minimum Gasteiger partial charge on any atom is -0.477 e. The summed E-state index contributed by atoms with van der Waals surface area (Å²) in [6.45, 7) is 6.75. The second-order valence-corrected chi connectivity index (χ2v) is 10.2. The molecule has 8 heteroatoms. The quantitative estimate of drug-likeness (QED) is 0.630. The highest BCUT2D eigenvalue weighted by Gasteiger charge is 2.60. The van der Waals surface area contributed by atoms with E-state index in [2.05, 4.69) is 29.1 Å². The zero-order valence-corrected chi connectivity index (χ0v) is 18.1. The van der Waals surface area contributed by atoms with E-state index >= 15 is 0 Å². The predicted octanol–water partition coefficient (Wildman–Crippen LogP) is 1.56. The van der Waals surface area contributed by atoms with Crippen molar-refractivity contribution in [1.29, 1.82) is 0 Å². The minimum absolute atomic E-state index is 0.0621. The molecule has 3 saturated heterocycles. The molecular weight excluding hydrogens is 390 g/mol. The first-order chi connectivity index (χ1) is 13.8. The molecule has 7 nitrogen and oxygen atoms in total. The molecule has 3 fully saturated rings. The number of aliphatic hydroxyl groups excluding tert-OH is 1. The number of carbonyl (C=O) groups excluding carboxylic acids is 1. The largest absolute Gasteiger partial charge is 0.477 e. The van der Waals surface area contributed by atoms with E-state index in [-0.39, 0.29) is 23.6 Å². The maximum absolute atomic E-state index is 12.5. The third-order valence-electron chi connectivity index (χ3n) is 6.83. The second kappa shape index (κ2) is 7.96. The van der Waals surface area contributed by atoms with Crippen LogP contribution in [0.4, 0.5) is 0 Å². The van der Waals surface area contributed by atoms with Gasteiger partial charge in [-0.15, -0.1) is 11.8 Å². The molecule has 0 aromatic heterocycles. The molecule has 0 radical (unpaired) electrons. The lowest BCUT2D eigenvalue weighted by Gasteiger charge is -2.46. The van der Waals surface area contributed by atoms with Crippen LogP contribution in [0.5, 0.6) is 0 Å². The van der Waals surface area contributed by atoms with Gasteiger partial charge in [0.25, 0.3) is 0 Å². The Morgan fingerprint density at radius 3 is 2.62 bits per heavy atom. The van der Waals surface area contributed by atoms with Crippen molar-refractivity contribution in [2.75, 3.05) is 26.7 Å². The second-order valence-electron chi connectivity index (χ2n) is 8.84. The van der Waals surface area contributed by atoms with E-state index in [1.165, 1.54) is 17.7 Å². The van der Waals surface area contributed by atoms with Crippen molar-refractivity contribution in [1.82, 2.24) is 14.7 Å². The summed E-state index contributed by atoms with van der Waals surface area (Å²) in [6, 6.07) is 0.114. The van der Waals surface area contributed by atoms with Gasteiger partial charge >= 0.3 is 5.97 Å². The van der Waals surface area contributed by atoms with Gasteiger partial charge in [0.1, 0.15) is 5.70 Å². The van der Waals surface area contributed by atoms with E-state index in [1.807, 2.05) is 6.92 Å². The summed E-state index contributed by atoms with van der Waals surface area (Å²) in [5.41, 5.74) is 0.133. The van der Waals surface area contributed by atoms with Gasteiger partial charge in [0.2, 0.25) is 5.91 Å². The van der Waals surface area contributed by atoms with Crippen molar-refractivity contribution in [2.45, 2.75) is 56.5 Å². The van der Waals surface area contributed by atoms with Gasteiger partial charge in [-0.2, -0.15) is 0 Å². The van der Waals surface area contributed by atoms with Crippen molar-refractivity contribution in [3.05, 3.63) is 22.9 Å². The summed E-state index contributed by atoms with van der Waals surface area (Å²) >= 11 is 1.62. The molecule has 4 aliphatic heterocycles. The Bertz CT molecular complexity index is 746. The van der Waals surface area contributed by atoms with Crippen LogP contribution in [-0.2, 0) is 9.59 Å². The highest BCUT2D eigenvalue weighted by atomic mass is 32.2. The molecule has 0 bridgehead atoms. The fraction of sp³-hybridized carbons (Fsp3) is 0.714. The SMILES string of the molecule is CC1C(S[C@H]2C[C@@H](/C=C/N3CCCC3)N(C)C2)=C(C(=O)O)N2C(=O)[C@H]([C@@H](C)O)C12. The van der Waals surface area contributed by atoms with Crippen molar-refractivity contribution in [3.63, 3.8) is 0 Å². The smallest absolute Gasteiger partial charge is 0.353 e. The zero-order valence-electron chi connectivity index (χ0n) is 17.3. The highest BCUT2D eigenvalue weighted by Crippen LogP contribution is 2.52. The van der Waals surface area contributed by atoms with Crippen molar-refractivity contribution >= 4 is 23.6 Å². The van der Waals surface area contributed by atoms with E-state index in [0.717, 1.165) is 31.0 Å². The molecule has 4 rings (SSSR count). The number of carboxylic acid groups (broad SMARTS) is 1. The van der Waals surface area contributed by atoms with E-state index in [4.69, 9.17) is 0 Å². The molecule has 1 amide bonds. The molecule has 4 heterocycles. The molecule has 0 spiro atoms. The predicted molar refractivity (Wildman–Crippen MR) is 112 cm³/mol. The fourth-order valence-corrected chi connectivity index (χ4v) is 6.87. The van der Waals surface area contributed by atoms with E-state index in [9.17, 15) is 19.8 Å². The van der Waals surface area contributed by atoms with Crippen LogP contribution in [0.25, 0.3) is 0 Å². The number of aliphatic carboxylic acids is 1. The molecule has 0 saturated carbocycles. The number of carboxylic acids is 1. The maximum atomic E-state index is 12.5. The van der Waals surface area contributed by atoms with Crippen LogP contribution in [0.3, 0.4) is 0 Å². The lowest BCUT2D eigenvalue weighted by atomic mass is 9.79. The number of rotatable bonds is 6. The van der Waals surface area contributed by atoms with Gasteiger partial charge in [-0.3, -0.25) is 9.69 Å². The van der Waals surface area contributed by atoms with E-state index in [0.29, 0.717) is 11.3 Å². The van der Waals surface area contributed by atoms with Crippen molar-refractivity contribution in [3.8, 4) is 0 Å².